The molecule has 0 radical (unpaired) electrons. The maximum Gasteiger partial charge on any atom is 0.365 e. The van der Waals surface area contributed by atoms with Gasteiger partial charge in [0.2, 0.25) is 0 Å². The molecular weight excluding hydrogens is 292 g/mol. The van der Waals surface area contributed by atoms with Gasteiger partial charge in [0, 0.05) is 6.42 Å². The van der Waals surface area contributed by atoms with Crippen molar-refractivity contribution in [2.24, 2.45) is 0 Å². The van der Waals surface area contributed by atoms with Crippen LogP contribution in [-0.2, 0) is 27.8 Å². The van der Waals surface area contributed by atoms with Gasteiger partial charge >= 0.3 is 8.56 Å². The quantitative estimate of drug-likeness (QED) is 0.389. The lowest BCUT2D eigenvalue weighted by Crippen LogP contribution is -2.46. The summed E-state index contributed by atoms with van der Waals surface area (Å²) in [6.07, 6.45) is 1.41. The van der Waals surface area contributed by atoms with Crippen LogP contribution in [0.4, 0.5) is 0 Å². The highest BCUT2D eigenvalue weighted by Crippen LogP contribution is 2.33. The smallest absolute Gasteiger partial charge is 0.365 e. The summed E-state index contributed by atoms with van der Waals surface area (Å²) in [6.45, 7) is 11.2. The molecule has 0 aromatic carbocycles. The number of ether oxygens (including phenoxy) is 4. The van der Waals surface area contributed by atoms with E-state index in [0.717, 1.165) is 6.42 Å². The predicted molar refractivity (Wildman–Crippen MR) is 78.5 cm³/mol. The van der Waals surface area contributed by atoms with Gasteiger partial charge in [0.1, 0.15) is 6.29 Å². The lowest BCUT2D eigenvalue weighted by atomic mass is 10.3. The van der Waals surface area contributed by atoms with E-state index in [4.69, 9.17) is 27.8 Å². The third-order valence-corrected chi connectivity index (χ3v) is 6.83. The largest absolute Gasteiger partial charge is 0.388 e. The molecule has 0 amide bonds. The second-order valence-electron chi connectivity index (χ2n) is 5.64. The fraction of sp³-hybridized carbons (Fsp3) is 1.00. The molecule has 2 heterocycles. The van der Waals surface area contributed by atoms with Gasteiger partial charge in [-0.3, -0.25) is 4.74 Å². The van der Waals surface area contributed by atoms with Crippen molar-refractivity contribution in [1.82, 2.24) is 0 Å². The van der Waals surface area contributed by atoms with Gasteiger partial charge in [0.15, 0.2) is 6.29 Å². The first kappa shape index (κ1) is 17.3. The molecule has 2 aliphatic heterocycles. The van der Waals surface area contributed by atoms with Crippen molar-refractivity contribution in [2.75, 3.05) is 13.2 Å². The molecule has 0 spiro atoms. The molecule has 124 valence electrons. The Morgan fingerprint density at radius 3 is 2.38 bits per heavy atom. The number of hydrogen-bond donors (Lipinski definition) is 0. The van der Waals surface area contributed by atoms with E-state index in [0.29, 0.717) is 26.1 Å². The highest BCUT2D eigenvalue weighted by Gasteiger charge is 2.56. The van der Waals surface area contributed by atoms with Crippen LogP contribution in [0, 0.1) is 0 Å². The van der Waals surface area contributed by atoms with E-state index in [1.165, 1.54) is 0 Å². The van der Waals surface area contributed by atoms with E-state index in [1.54, 1.807) is 0 Å². The second kappa shape index (κ2) is 7.04. The fourth-order valence-corrected chi connectivity index (χ4v) is 4.42. The summed E-state index contributed by atoms with van der Waals surface area (Å²) in [5.41, 5.74) is 0.233. The van der Waals surface area contributed by atoms with Gasteiger partial charge < -0.3 is 23.1 Å². The molecule has 2 fully saturated rings. The topological polar surface area (TPSA) is 58.7 Å². The molecule has 7 heteroatoms. The molecule has 2 saturated heterocycles. The molecule has 0 N–H and O–H groups in total. The molecule has 21 heavy (non-hydrogen) atoms. The molecule has 0 aromatic rings. The summed E-state index contributed by atoms with van der Waals surface area (Å²) in [7, 11) is -1.98. The maximum absolute atomic E-state index is 5.94. The summed E-state index contributed by atoms with van der Waals surface area (Å²) >= 11 is 0. The zero-order valence-electron chi connectivity index (χ0n) is 13.7. The number of hydrogen-bond acceptors (Lipinski definition) is 6. The van der Waals surface area contributed by atoms with Crippen molar-refractivity contribution in [1.29, 1.82) is 0 Å². The molecule has 0 aliphatic carbocycles. The third kappa shape index (κ3) is 4.48. The van der Waals surface area contributed by atoms with Gasteiger partial charge in [-0.05, 0) is 33.2 Å². The Kier molecular flexibility index (Phi) is 5.81. The van der Waals surface area contributed by atoms with Crippen LogP contribution in [0.25, 0.3) is 0 Å². The summed E-state index contributed by atoms with van der Waals surface area (Å²) in [6, 6.07) is 0. The Bertz CT molecular complexity index is 335. The minimum Gasteiger partial charge on any atom is -0.388 e. The summed E-state index contributed by atoms with van der Waals surface area (Å²) < 4.78 is 34.5. The fourth-order valence-electron chi connectivity index (χ4n) is 2.33. The lowest BCUT2D eigenvalue weighted by Gasteiger charge is -2.38. The predicted octanol–water partition coefficient (Wildman–Crippen LogP) is 2.65. The standard InChI is InChI=1S/C14H28O6Si/c1-6-13(17-11(3)19-21(5)12(4)20-21)18-14(7-2)15-9-8-10-16-14/h11-13H,6-10H2,1-5H3. The Morgan fingerprint density at radius 2 is 1.90 bits per heavy atom. The van der Waals surface area contributed by atoms with Crippen LogP contribution < -0.4 is 0 Å². The van der Waals surface area contributed by atoms with Gasteiger partial charge in [-0.1, -0.05) is 13.8 Å². The van der Waals surface area contributed by atoms with Crippen molar-refractivity contribution in [2.45, 2.75) is 77.8 Å². The van der Waals surface area contributed by atoms with Crippen LogP contribution in [0.5, 0.6) is 0 Å². The minimum atomic E-state index is -1.98. The molecule has 0 saturated carbocycles. The van der Waals surface area contributed by atoms with Crippen molar-refractivity contribution in [3.8, 4) is 0 Å². The van der Waals surface area contributed by atoms with E-state index in [2.05, 4.69) is 0 Å². The Labute approximate surface area is 128 Å². The second-order valence-corrected chi connectivity index (χ2v) is 8.96. The Balaban J connectivity index is 1.84. The summed E-state index contributed by atoms with van der Waals surface area (Å²) in [4.78, 5) is 0. The van der Waals surface area contributed by atoms with Crippen LogP contribution in [0.2, 0.25) is 6.55 Å². The third-order valence-electron chi connectivity index (χ3n) is 3.85. The van der Waals surface area contributed by atoms with E-state index >= 15 is 0 Å². The minimum absolute atomic E-state index is 0.233. The van der Waals surface area contributed by atoms with Gasteiger partial charge in [-0.2, -0.15) is 0 Å². The molecule has 2 aliphatic rings. The average Bonchev–Trinajstić information content (AvgIpc) is 3.05. The molecule has 2 rings (SSSR count). The maximum atomic E-state index is 5.94. The van der Waals surface area contributed by atoms with Crippen LogP contribution in [0.1, 0.15) is 47.0 Å². The summed E-state index contributed by atoms with van der Waals surface area (Å²) in [5, 5.41) is 0. The highest BCUT2D eigenvalue weighted by molar-refractivity contribution is 6.75. The summed E-state index contributed by atoms with van der Waals surface area (Å²) in [5.74, 6) is -0.983. The average molecular weight is 320 g/mol. The first-order valence-corrected chi connectivity index (χ1v) is 10.3. The van der Waals surface area contributed by atoms with Crippen LogP contribution in [0.3, 0.4) is 0 Å². The van der Waals surface area contributed by atoms with Crippen LogP contribution in [0.15, 0.2) is 0 Å². The van der Waals surface area contributed by atoms with Crippen molar-refractivity contribution in [3.63, 3.8) is 0 Å². The first-order chi connectivity index (χ1) is 9.93. The van der Waals surface area contributed by atoms with E-state index < -0.39 is 20.8 Å². The molecule has 6 nitrogen and oxygen atoms in total. The molecule has 4 atom stereocenters. The van der Waals surface area contributed by atoms with Crippen molar-refractivity contribution in [3.05, 3.63) is 0 Å². The zero-order chi connectivity index (χ0) is 15.5. The van der Waals surface area contributed by atoms with Crippen molar-refractivity contribution < 1.29 is 27.8 Å². The Hall–Kier alpha value is -0.0231. The van der Waals surface area contributed by atoms with Gasteiger partial charge in [-0.15, -0.1) is 0 Å². The zero-order valence-corrected chi connectivity index (χ0v) is 14.7. The van der Waals surface area contributed by atoms with Gasteiger partial charge in [-0.25, -0.2) is 0 Å². The molecule has 4 unspecified atom stereocenters. The van der Waals surface area contributed by atoms with Crippen LogP contribution >= 0.6 is 0 Å². The van der Waals surface area contributed by atoms with Crippen LogP contribution in [-0.4, -0.2) is 46.1 Å². The van der Waals surface area contributed by atoms with Crippen molar-refractivity contribution >= 4 is 8.56 Å². The SMILES string of the molecule is CCC(OC(C)O[Si]1(C)OC1C)OC1(CC)OCCCO1. The number of rotatable bonds is 8. The van der Waals surface area contributed by atoms with E-state index in [-0.39, 0.29) is 12.0 Å². The molecule has 0 bridgehead atoms. The molecule has 0 aromatic heterocycles. The van der Waals surface area contributed by atoms with Gasteiger partial charge in [0.05, 0.1) is 18.9 Å². The molecular formula is C14H28O6Si. The first-order valence-electron chi connectivity index (χ1n) is 7.90. The lowest BCUT2D eigenvalue weighted by molar-refractivity contribution is -0.440. The Morgan fingerprint density at radius 1 is 1.29 bits per heavy atom. The highest BCUT2D eigenvalue weighted by atomic mass is 28.4. The van der Waals surface area contributed by atoms with E-state index in [1.807, 2.05) is 34.2 Å². The van der Waals surface area contributed by atoms with Gasteiger partial charge in [0.25, 0.3) is 5.97 Å². The monoisotopic (exact) mass is 320 g/mol. The normalized spacial score (nSPS) is 34.4. The van der Waals surface area contributed by atoms with E-state index in [9.17, 15) is 0 Å².